The van der Waals surface area contributed by atoms with Gasteiger partial charge in [-0.3, -0.25) is 29.3 Å². The number of aromatic nitrogens is 6. The molecule has 372 valence electrons. The van der Waals surface area contributed by atoms with Gasteiger partial charge in [-0.25, -0.2) is 0 Å². The predicted molar refractivity (Wildman–Crippen MR) is 292 cm³/mol. The molecule has 9 heterocycles. The normalized spacial score (nSPS) is 17.2. The molecule has 0 amide bonds. The lowest BCUT2D eigenvalue weighted by Crippen LogP contribution is -2.30. The molecule has 0 aromatic carbocycles. The van der Waals surface area contributed by atoms with Crippen molar-refractivity contribution in [2.45, 2.75) is 134 Å². The maximum absolute atomic E-state index is 12.7. The van der Waals surface area contributed by atoms with Crippen molar-refractivity contribution in [3.63, 3.8) is 0 Å². The zero-order valence-corrected chi connectivity index (χ0v) is 45.8. The van der Waals surface area contributed by atoms with Crippen LogP contribution in [0.1, 0.15) is 117 Å². The summed E-state index contributed by atoms with van der Waals surface area (Å²) in [6.45, 7) is 27.4. The van der Waals surface area contributed by atoms with Gasteiger partial charge in [-0.2, -0.15) is 15.8 Å². The lowest BCUT2D eigenvalue weighted by atomic mass is 9.91. The van der Waals surface area contributed by atoms with Crippen molar-refractivity contribution in [2.75, 3.05) is 17.3 Å². The smallest absolute Gasteiger partial charge is 0.269 e. The third-order valence-corrected chi connectivity index (χ3v) is 16.8. The summed E-state index contributed by atoms with van der Waals surface area (Å²) in [5.74, 6) is 4.28. The van der Waals surface area contributed by atoms with E-state index >= 15 is 0 Å². The Morgan fingerprint density at radius 1 is 0.458 bits per heavy atom. The molecule has 3 aliphatic heterocycles. The maximum atomic E-state index is 12.7. The highest BCUT2D eigenvalue weighted by Gasteiger charge is 2.26. The van der Waals surface area contributed by atoms with Crippen molar-refractivity contribution in [1.29, 1.82) is 15.8 Å². The largest absolute Gasteiger partial charge is 0.302 e. The van der Waals surface area contributed by atoms with Crippen LogP contribution in [-0.4, -0.2) is 45.9 Å². The fraction of sp³-hybridized carbons (Fsp3) is 0.421. The van der Waals surface area contributed by atoms with Crippen LogP contribution in [0.2, 0.25) is 0 Å². The summed E-state index contributed by atoms with van der Waals surface area (Å²) in [6.07, 6.45) is 5.30. The predicted octanol–water partition coefficient (Wildman–Crippen LogP) is 11.5. The first-order chi connectivity index (χ1) is 33.9. The summed E-state index contributed by atoms with van der Waals surface area (Å²) < 4.78 is 5.20. The van der Waals surface area contributed by atoms with Crippen LogP contribution in [-0.2, 0) is 35.9 Å². The van der Waals surface area contributed by atoms with Crippen molar-refractivity contribution in [3.05, 3.63) is 138 Å². The molecule has 6 aromatic rings. The fourth-order valence-corrected chi connectivity index (χ4v) is 11.7. The van der Waals surface area contributed by atoms with E-state index in [1.54, 1.807) is 67.6 Å². The van der Waals surface area contributed by atoms with Gasteiger partial charge in [0, 0.05) is 122 Å². The van der Waals surface area contributed by atoms with Crippen molar-refractivity contribution >= 4 is 35.3 Å². The zero-order valence-electron chi connectivity index (χ0n) is 43.4. The van der Waals surface area contributed by atoms with E-state index in [0.29, 0.717) is 54.1 Å². The average molecular weight is 1020 g/mol. The van der Waals surface area contributed by atoms with E-state index in [0.717, 1.165) is 66.1 Å². The molecule has 6 aromatic heterocycles. The van der Waals surface area contributed by atoms with Gasteiger partial charge in [0.15, 0.2) is 0 Å². The number of hydrogen-bond acceptors (Lipinski definition) is 12. The first kappa shape index (κ1) is 53.6. The molecule has 0 N–H and O–H groups in total. The van der Waals surface area contributed by atoms with Crippen LogP contribution in [0.5, 0.6) is 0 Å². The quantitative estimate of drug-likeness (QED) is 0.164. The van der Waals surface area contributed by atoms with Crippen LogP contribution < -0.4 is 16.7 Å². The molecule has 0 aliphatic carbocycles. The van der Waals surface area contributed by atoms with Crippen molar-refractivity contribution in [3.8, 4) is 51.6 Å². The van der Waals surface area contributed by atoms with Crippen LogP contribution in [0, 0.1) is 51.7 Å². The molecule has 3 aliphatic rings. The number of thioether (sulfide) groups is 3. The Kier molecular flexibility index (Phi) is 16.0. The highest BCUT2D eigenvalue weighted by Crippen LogP contribution is 2.35. The Morgan fingerprint density at radius 3 is 0.903 bits per heavy atom. The molecule has 0 saturated heterocycles. The Morgan fingerprint density at radius 2 is 0.708 bits per heavy atom. The number of nitrogens with zero attached hydrogens (tertiary/aromatic N) is 9. The number of rotatable bonds is 3. The van der Waals surface area contributed by atoms with Crippen LogP contribution in [0.3, 0.4) is 0 Å². The Bertz CT molecular complexity index is 2960. The van der Waals surface area contributed by atoms with Crippen molar-refractivity contribution < 1.29 is 0 Å². The first-order valence-electron chi connectivity index (χ1n) is 24.3. The average Bonchev–Trinajstić information content (AvgIpc) is 3.34. The van der Waals surface area contributed by atoms with Gasteiger partial charge >= 0.3 is 0 Å². The standard InChI is InChI=1S/3C19H21N3OS/c3*1-12-10-22-17(24-11-12)7-14(15(8-20)18(22)23)13-5-6-16(21-9-13)19(2,3)4/h3*5-7,9,12H,10-11H2,1-4H3/t2*12-;/m10./s1. The molecule has 15 heteroatoms. The van der Waals surface area contributed by atoms with Gasteiger partial charge in [-0.1, -0.05) is 101 Å². The van der Waals surface area contributed by atoms with Gasteiger partial charge in [-0.05, 0) is 54.2 Å². The van der Waals surface area contributed by atoms with Gasteiger partial charge in [-0.15, -0.1) is 35.3 Å². The Hall–Kier alpha value is -6.18. The molecule has 9 rings (SSSR count). The molecule has 0 radical (unpaired) electrons. The number of fused-ring (bicyclic) bond motifs is 3. The maximum Gasteiger partial charge on any atom is 0.269 e. The summed E-state index contributed by atoms with van der Waals surface area (Å²) in [6, 6.07) is 24.0. The number of nitriles is 3. The molecular weight excluding hydrogens is 955 g/mol. The second-order valence-corrected chi connectivity index (χ2v) is 25.3. The molecule has 0 bridgehead atoms. The van der Waals surface area contributed by atoms with E-state index in [4.69, 9.17) is 0 Å². The van der Waals surface area contributed by atoms with Crippen LogP contribution >= 0.6 is 35.3 Å². The van der Waals surface area contributed by atoms with E-state index in [2.05, 4.69) is 116 Å². The lowest BCUT2D eigenvalue weighted by Gasteiger charge is -2.24. The molecule has 72 heavy (non-hydrogen) atoms. The van der Waals surface area contributed by atoms with Gasteiger partial charge in [0.25, 0.3) is 16.7 Å². The summed E-state index contributed by atoms with van der Waals surface area (Å²) >= 11 is 5.04. The van der Waals surface area contributed by atoms with Gasteiger partial charge in [0.05, 0.1) is 15.1 Å². The Labute approximate surface area is 436 Å². The Balaban J connectivity index is 0.000000158. The van der Waals surface area contributed by atoms with E-state index in [9.17, 15) is 30.2 Å². The van der Waals surface area contributed by atoms with Crippen LogP contribution in [0.15, 0.2) is 103 Å². The molecule has 0 fully saturated rings. The van der Waals surface area contributed by atoms with Crippen LogP contribution in [0.4, 0.5) is 0 Å². The highest BCUT2D eigenvalue weighted by atomic mass is 32.2. The minimum Gasteiger partial charge on any atom is -0.302 e. The van der Waals surface area contributed by atoms with Crippen LogP contribution in [0.25, 0.3) is 33.4 Å². The van der Waals surface area contributed by atoms with E-state index < -0.39 is 0 Å². The van der Waals surface area contributed by atoms with Crippen molar-refractivity contribution in [2.24, 2.45) is 17.8 Å². The third kappa shape index (κ3) is 11.7. The number of pyridine rings is 6. The molecule has 12 nitrogen and oxygen atoms in total. The second kappa shape index (κ2) is 21.5. The highest BCUT2D eigenvalue weighted by molar-refractivity contribution is 7.99. The molecule has 0 saturated carbocycles. The molecule has 3 atom stereocenters. The first-order valence-corrected chi connectivity index (χ1v) is 27.2. The fourth-order valence-electron chi connectivity index (χ4n) is 8.52. The molecular formula is C57H63N9O3S3. The minimum absolute atomic E-state index is 0.0298. The summed E-state index contributed by atoms with van der Waals surface area (Å²) in [4.78, 5) is 51.7. The minimum atomic E-state index is -0.191. The van der Waals surface area contributed by atoms with Crippen molar-refractivity contribution in [1.82, 2.24) is 28.7 Å². The SMILES string of the molecule is CC1CSc2cc(-c3ccc(C(C)(C)C)nc3)c(C#N)c(=O)n2C1.C[C@@H]1CSc2cc(-c3ccc(C(C)(C)C)nc3)c(C#N)c(=O)n2C1.C[C@H]1CSc2cc(-c3ccc(C(C)(C)C)nc3)c(C#N)c(=O)n2C1. The van der Waals surface area contributed by atoms with E-state index in [1.807, 2.05) is 54.6 Å². The van der Waals surface area contributed by atoms with E-state index in [-0.39, 0.29) is 49.6 Å². The topological polar surface area (TPSA) is 176 Å². The van der Waals surface area contributed by atoms with Gasteiger partial charge < -0.3 is 13.7 Å². The number of hydrogen-bond donors (Lipinski definition) is 0. The lowest BCUT2D eigenvalue weighted by molar-refractivity contribution is 0.474. The third-order valence-electron chi connectivity index (χ3n) is 12.7. The summed E-state index contributed by atoms with van der Waals surface area (Å²) in [5, 5.41) is 31.4. The molecule has 1 unspecified atom stereocenters. The van der Waals surface area contributed by atoms with Gasteiger partial charge in [0.2, 0.25) is 0 Å². The second-order valence-electron chi connectivity index (χ2n) is 22.2. The summed E-state index contributed by atoms with van der Waals surface area (Å²) in [7, 11) is 0. The zero-order chi connectivity index (χ0) is 52.4. The summed E-state index contributed by atoms with van der Waals surface area (Å²) in [5.41, 5.74) is 7.43. The van der Waals surface area contributed by atoms with E-state index in [1.165, 1.54) is 0 Å². The van der Waals surface area contributed by atoms with Gasteiger partial charge in [0.1, 0.15) is 34.9 Å². The monoisotopic (exact) mass is 1020 g/mol. The molecule has 0 spiro atoms.